The molecule has 0 aliphatic heterocycles. The van der Waals surface area contributed by atoms with Crippen LogP contribution in [0.4, 0.5) is 5.69 Å². The van der Waals surface area contributed by atoms with Gasteiger partial charge in [-0.15, -0.1) is 0 Å². The van der Waals surface area contributed by atoms with Crippen molar-refractivity contribution >= 4 is 33.2 Å². The van der Waals surface area contributed by atoms with E-state index in [1.165, 1.54) is 0 Å². The third kappa shape index (κ3) is 3.74. The fourth-order valence-corrected chi connectivity index (χ4v) is 2.52. The minimum Gasteiger partial charge on any atom is -0.508 e. The molecule has 112 valence electrons. The predicted octanol–water partition coefficient (Wildman–Crippen LogP) is 4.44. The average molecular weight is 373 g/mol. The Morgan fingerprint density at radius 3 is 2.52 bits per heavy atom. The number of hydrogen-bond donors (Lipinski definition) is 2. The van der Waals surface area contributed by atoms with Gasteiger partial charge in [0, 0.05) is 28.7 Å². The van der Waals surface area contributed by atoms with Gasteiger partial charge in [0.05, 0.1) is 24.9 Å². The number of halogens is 2. The van der Waals surface area contributed by atoms with Crippen molar-refractivity contribution in [1.29, 1.82) is 0 Å². The van der Waals surface area contributed by atoms with Crippen LogP contribution in [-0.2, 0) is 6.54 Å². The third-order valence-corrected chi connectivity index (χ3v) is 3.77. The van der Waals surface area contributed by atoms with Crippen molar-refractivity contribution in [1.82, 2.24) is 0 Å². The lowest BCUT2D eigenvalue weighted by Crippen LogP contribution is -2.02. The molecule has 2 aromatic rings. The molecule has 2 N–H and O–H groups in total. The molecule has 0 saturated heterocycles. The number of aromatic hydroxyl groups is 1. The fraction of sp³-hybridized carbons (Fsp3) is 0.200. The standard InChI is InChI=1S/C15H15BrClNO3/c1-20-14-7-12(15(21-2)6-11(14)17)18-8-9-5-10(16)3-4-13(9)19/h3-7,18-19H,8H2,1-2H3. The number of benzene rings is 2. The number of phenols is 1. The molecule has 4 nitrogen and oxygen atoms in total. The van der Waals surface area contributed by atoms with Crippen LogP contribution >= 0.6 is 27.5 Å². The summed E-state index contributed by atoms with van der Waals surface area (Å²) in [6.07, 6.45) is 0. The SMILES string of the molecule is COc1cc(NCc2cc(Br)ccc2O)c(OC)cc1Cl. The highest BCUT2D eigenvalue weighted by Gasteiger charge is 2.10. The van der Waals surface area contributed by atoms with Crippen LogP contribution in [-0.4, -0.2) is 19.3 Å². The minimum absolute atomic E-state index is 0.227. The lowest BCUT2D eigenvalue weighted by molar-refractivity contribution is 0.404. The molecule has 0 spiro atoms. The van der Waals surface area contributed by atoms with Gasteiger partial charge in [-0.1, -0.05) is 27.5 Å². The maximum Gasteiger partial charge on any atom is 0.143 e. The highest BCUT2D eigenvalue weighted by Crippen LogP contribution is 2.36. The monoisotopic (exact) mass is 371 g/mol. The Labute approximate surface area is 136 Å². The van der Waals surface area contributed by atoms with Gasteiger partial charge < -0.3 is 19.9 Å². The van der Waals surface area contributed by atoms with E-state index in [1.54, 1.807) is 38.5 Å². The molecule has 2 aromatic carbocycles. The molecule has 21 heavy (non-hydrogen) atoms. The quantitative estimate of drug-likeness (QED) is 0.815. The zero-order valence-electron chi connectivity index (χ0n) is 11.6. The van der Waals surface area contributed by atoms with E-state index in [4.69, 9.17) is 21.1 Å². The van der Waals surface area contributed by atoms with Crippen LogP contribution in [0, 0.1) is 0 Å². The zero-order valence-corrected chi connectivity index (χ0v) is 14.0. The Balaban J connectivity index is 2.24. The summed E-state index contributed by atoms with van der Waals surface area (Å²) in [4.78, 5) is 0. The van der Waals surface area contributed by atoms with E-state index in [0.29, 0.717) is 23.1 Å². The van der Waals surface area contributed by atoms with E-state index in [2.05, 4.69) is 21.2 Å². The Hall–Kier alpha value is -1.59. The molecule has 6 heteroatoms. The fourth-order valence-electron chi connectivity index (χ4n) is 1.88. The lowest BCUT2D eigenvalue weighted by atomic mass is 10.2. The molecule has 0 fully saturated rings. The minimum atomic E-state index is 0.227. The Morgan fingerprint density at radius 2 is 1.86 bits per heavy atom. The molecule has 0 amide bonds. The molecule has 0 atom stereocenters. The van der Waals surface area contributed by atoms with Crippen molar-refractivity contribution in [2.75, 3.05) is 19.5 Å². The van der Waals surface area contributed by atoms with Crippen LogP contribution in [0.2, 0.25) is 5.02 Å². The average Bonchev–Trinajstić information content (AvgIpc) is 2.48. The molecule has 0 saturated carbocycles. The molecule has 0 aliphatic rings. The summed E-state index contributed by atoms with van der Waals surface area (Å²) in [7, 11) is 3.12. The van der Waals surface area contributed by atoms with Gasteiger partial charge in [0.15, 0.2) is 0 Å². The normalized spacial score (nSPS) is 10.3. The van der Waals surface area contributed by atoms with Gasteiger partial charge in [0.1, 0.15) is 17.2 Å². The van der Waals surface area contributed by atoms with E-state index in [0.717, 1.165) is 15.7 Å². The van der Waals surface area contributed by atoms with Gasteiger partial charge in [-0.3, -0.25) is 0 Å². The summed E-state index contributed by atoms with van der Waals surface area (Å²) < 4.78 is 11.4. The van der Waals surface area contributed by atoms with Crippen LogP contribution < -0.4 is 14.8 Å². The number of phenolic OH excluding ortho intramolecular Hbond substituents is 1. The number of rotatable bonds is 5. The maximum atomic E-state index is 9.85. The summed E-state index contributed by atoms with van der Waals surface area (Å²) in [5.74, 6) is 1.39. The first-order chi connectivity index (χ1) is 10.0. The molecule has 2 rings (SSSR count). The van der Waals surface area contributed by atoms with Crippen molar-refractivity contribution in [2.45, 2.75) is 6.54 Å². The Kier molecular flexibility index (Phi) is 5.20. The van der Waals surface area contributed by atoms with Crippen LogP contribution in [0.25, 0.3) is 0 Å². The van der Waals surface area contributed by atoms with Gasteiger partial charge in [-0.25, -0.2) is 0 Å². The van der Waals surface area contributed by atoms with E-state index >= 15 is 0 Å². The van der Waals surface area contributed by atoms with Crippen molar-refractivity contribution in [3.63, 3.8) is 0 Å². The molecular formula is C15H15BrClNO3. The summed E-state index contributed by atoms with van der Waals surface area (Å²) in [5.41, 5.74) is 1.50. The molecule has 0 aliphatic carbocycles. The Bertz CT molecular complexity index is 649. The maximum absolute atomic E-state index is 9.85. The van der Waals surface area contributed by atoms with E-state index in [1.807, 2.05) is 6.07 Å². The number of ether oxygens (including phenoxy) is 2. The number of nitrogens with one attached hydrogen (secondary N) is 1. The van der Waals surface area contributed by atoms with Crippen molar-refractivity contribution in [2.24, 2.45) is 0 Å². The van der Waals surface area contributed by atoms with Crippen LogP contribution in [0.1, 0.15) is 5.56 Å². The van der Waals surface area contributed by atoms with Crippen LogP contribution in [0.3, 0.4) is 0 Å². The molecular weight excluding hydrogens is 358 g/mol. The first-order valence-corrected chi connectivity index (χ1v) is 7.35. The van der Waals surface area contributed by atoms with E-state index < -0.39 is 0 Å². The first kappa shape index (κ1) is 15.8. The van der Waals surface area contributed by atoms with Gasteiger partial charge in [-0.05, 0) is 18.2 Å². The summed E-state index contributed by atoms with van der Waals surface area (Å²) in [6, 6.07) is 8.72. The second-order valence-electron chi connectivity index (χ2n) is 4.31. The molecule has 0 bridgehead atoms. The van der Waals surface area contributed by atoms with Gasteiger partial charge in [0.2, 0.25) is 0 Å². The molecule has 0 heterocycles. The van der Waals surface area contributed by atoms with E-state index in [-0.39, 0.29) is 5.75 Å². The molecule has 0 radical (unpaired) electrons. The second-order valence-corrected chi connectivity index (χ2v) is 5.64. The van der Waals surface area contributed by atoms with Crippen LogP contribution in [0.5, 0.6) is 17.2 Å². The lowest BCUT2D eigenvalue weighted by Gasteiger charge is -2.14. The summed E-state index contributed by atoms with van der Waals surface area (Å²) in [5, 5.41) is 13.5. The smallest absolute Gasteiger partial charge is 0.143 e. The van der Waals surface area contributed by atoms with Gasteiger partial charge >= 0.3 is 0 Å². The topological polar surface area (TPSA) is 50.7 Å². The van der Waals surface area contributed by atoms with Crippen LogP contribution in [0.15, 0.2) is 34.8 Å². The number of anilines is 1. The zero-order chi connectivity index (χ0) is 15.4. The highest BCUT2D eigenvalue weighted by molar-refractivity contribution is 9.10. The largest absolute Gasteiger partial charge is 0.508 e. The first-order valence-electron chi connectivity index (χ1n) is 6.18. The Morgan fingerprint density at radius 1 is 1.14 bits per heavy atom. The second kappa shape index (κ2) is 6.91. The van der Waals surface area contributed by atoms with Gasteiger partial charge in [0.25, 0.3) is 0 Å². The van der Waals surface area contributed by atoms with Crippen molar-refractivity contribution in [3.8, 4) is 17.2 Å². The third-order valence-electron chi connectivity index (χ3n) is 2.98. The number of methoxy groups -OCH3 is 2. The van der Waals surface area contributed by atoms with Crippen molar-refractivity contribution < 1.29 is 14.6 Å². The molecule has 0 unspecified atom stereocenters. The highest BCUT2D eigenvalue weighted by atomic mass is 79.9. The molecule has 0 aromatic heterocycles. The summed E-state index contributed by atoms with van der Waals surface area (Å²) in [6.45, 7) is 0.437. The number of hydrogen-bond acceptors (Lipinski definition) is 4. The predicted molar refractivity (Wildman–Crippen MR) is 87.7 cm³/mol. The van der Waals surface area contributed by atoms with E-state index in [9.17, 15) is 5.11 Å². The summed E-state index contributed by atoms with van der Waals surface area (Å²) >= 11 is 9.45. The van der Waals surface area contributed by atoms with Crippen molar-refractivity contribution in [3.05, 3.63) is 45.4 Å². The van der Waals surface area contributed by atoms with Gasteiger partial charge in [-0.2, -0.15) is 0 Å².